The molecule has 0 aliphatic carbocycles. The molecule has 2 aliphatic rings. The van der Waals surface area contributed by atoms with E-state index in [1.54, 1.807) is 6.07 Å². The Morgan fingerprint density at radius 3 is 2.10 bits per heavy atom. The fraction of sp³-hybridized carbons (Fsp3) is 0.478. The highest BCUT2D eigenvalue weighted by atomic mass is 19.1. The molecule has 2 aliphatic heterocycles. The summed E-state index contributed by atoms with van der Waals surface area (Å²) in [6.45, 7) is 2.70. The topological polar surface area (TPSA) is 71.0 Å². The molecule has 4 rings (SSSR count). The second-order valence-corrected chi connectivity index (χ2v) is 8.05. The Balaban J connectivity index is 1.24. The molecule has 0 spiro atoms. The van der Waals surface area contributed by atoms with Crippen LogP contribution in [0.1, 0.15) is 29.5 Å². The Bertz CT molecular complexity index is 789. The number of ether oxygens (including phenoxy) is 2. The largest absolute Gasteiger partial charge is 0.487 e. The van der Waals surface area contributed by atoms with E-state index < -0.39 is 12.2 Å². The van der Waals surface area contributed by atoms with Gasteiger partial charge in [-0.1, -0.05) is 17.7 Å². The van der Waals surface area contributed by atoms with Crippen molar-refractivity contribution in [1.29, 1.82) is 0 Å². The molecule has 0 aromatic heterocycles. The number of aliphatic hydroxyl groups excluding tert-OH is 2. The first-order valence-electron chi connectivity index (χ1n) is 10.3. The first-order valence-corrected chi connectivity index (χ1v) is 10.3. The van der Waals surface area contributed by atoms with Gasteiger partial charge in [0.25, 0.3) is 0 Å². The van der Waals surface area contributed by atoms with Gasteiger partial charge in [-0.05, 0) is 68.0 Å². The molecular weight excluding hydrogens is 373 g/mol. The van der Waals surface area contributed by atoms with Gasteiger partial charge >= 0.3 is 0 Å². The van der Waals surface area contributed by atoms with Crippen LogP contribution in [0.25, 0.3) is 0 Å². The number of rotatable bonds is 6. The lowest BCUT2D eigenvalue weighted by atomic mass is 9.97. The Morgan fingerprint density at radius 2 is 1.48 bits per heavy atom. The third-order valence-electron chi connectivity index (χ3n) is 5.76. The summed E-state index contributed by atoms with van der Waals surface area (Å²) in [5, 5.41) is 24.1. The van der Waals surface area contributed by atoms with Gasteiger partial charge in [0.05, 0.1) is 0 Å². The Labute approximate surface area is 170 Å². The van der Waals surface area contributed by atoms with E-state index in [1.807, 2.05) is 12.1 Å². The van der Waals surface area contributed by atoms with Crippen LogP contribution in [-0.2, 0) is 12.8 Å². The van der Waals surface area contributed by atoms with Crippen molar-refractivity contribution in [3.8, 4) is 11.5 Å². The van der Waals surface area contributed by atoms with Gasteiger partial charge in [-0.2, -0.15) is 0 Å². The molecule has 156 valence electrons. The molecule has 5 nitrogen and oxygen atoms in total. The van der Waals surface area contributed by atoms with Crippen LogP contribution in [0.2, 0.25) is 0 Å². The minimum absolute atomic E-state index is 0.262. The maximum absolute atomic E-state index is 13.3. The number of aryl methyl sites for hydroxylation is 3. The summed E-state index contributed by atoms with van der Waals surface area (Å²) in [4.78, 5) is 0. The number of benzene rings is 2. The predicted molar refractivity (Wildman–Crippen MR) is 108 cm³/mol. The van der Waals surface area contributed by atoms with Crippen LogP contribution in [0.5, 0.6) is 11.5 Å². The summed E-state index contributed by atoms with van der Waals surface area (Å²) in [7, 11) is 0. The number of fused-ring (bicyclic) bond motifs is 2. The minimum atomic E-state index is -0.712. The van der Waals surface area contributed by atoms with E-state index in [0.717, 1.165) is 24.2 Å². The monoisotopic (exact) mass is 401 g/mol. The fourth-order valence-electron chi connectivity index (χ4n) is 4.10. The lowest BCUT2D eigenvalue weighted by Crippen LogP contribution is -2.46. The Morgan fingerprint density at radius 1 is 0.931 bits per heavy atom. The summed E-state index contributed by atoms with van der Waals surface area (Å²) < 4.78 is 25.1. The number of hydrogen-bond acceptors (Lipinski definition) is 5. The molecular formula is C23H28FNO4. The smallest absolute Gasteiger partial charge is 0.126 e. The van der Waals surface area contributed by atoms with Gasteiger partial charge in [0, 0.05) is 13.1 Å². The maximum Gasteiger partial charge on any atom is 0.126 e. The molecule has 2 heterocycles. The van der Waals surface area contributed by atoms with Gasteiger partial charge in [0.2, 0.25) is 0 Å². The quantitative estimate of drug-likeness (QED) is 0.694. The van der Waals surface area contributed by atoms with Crippen molar-refractivity contribution in [1.82, 2.24) is 5.32 Å². The molecule has 4 atom stereocenters. The molecule has 0 saturated carbocycles. The zero-order valence-corrected chi connectivity index (χ0v) is 16.6. The van der Waals surface area contributed by atoms with Crippen molar-refractivity contribution < 1.29 is 24.1 Å². The third-order valence-corrected chi connectivity index (χ3v) is 5.76. The van der Waals surface area contributed by atoms with Crippen LogP contribution in [0.4, 0.5) is 4.39 Å². The molecule has 0 radical (unpaired) electrons. The highest BCUT2D eigenvalue weighted by Gasteiger charge is 2.29. The number of aliphatic hydroxyl groups is 2. The van der Waals surface area contributed by atoms with Crippen molar-refractivity contribution in [3.05, 3.63) is 58.9 Å². The summed E-state index contributed by atoms with van der Waals surface area (Å²) in [6, 6.07) is 10.6. The van der Waals surface area contributed by atoms with Crippen molar-refractivity contribution in [2.45, 2.75) is 57.0 Å². The fourth-order valence-corrected chi connectivity index (χ4v) is 4.10. The number of halogens is 1. The van der Waals surface area contributed by atoms with Crippen molar-refractivity contribution >= 4 is 0 Å². The molecule has 3 N–H and O–H groups in total. The van der Waals surface area contributed by atoms with Crippen LogP contribution in [0.15, 0.2) is 36.4 Å². The third kappa shape index (κ3) is 4.71. The van der Waals surface area contributed by atoms with Crippen LogP contribution in [0, 0.1) is 12.7 Å². The summed E-state index contributed by atoms with van der Waals surface area (Å²) in [5.41, 5.74) is 3.23. The van der Waals surface area contributed by atoms with Gasteiger partial charge in [-0.15, -0.1) is 0 Å². The standard InChI is InChI=1S/C23H28FNO4/c1-14-2-6-20-15(10-14)3-7-22(28-20)18(26)12-25-13-19(27)23-8-4-16-11-17(24)5-9-21(16)29-23/h2,5-6,9-11,18-19,22-23,25-27H,3-4,7-8,12-13H2,1H3/t18-,19-,22-,23-/m1/s1. The number of nitrogens with one attached hydrogen (secondary N) is 1. The van der Waals surface area contributed by atoms with Gasteiger partial charge in [-0.3, -0.25) is 0 Å². The average Bonchev–Trinajstić information content (AvgIpc) is 2.72. The first kappa shape index (κ1) is 20.1. The summed E-state index contributed by atoms with van der Waals surface area (Å²) in [5.74, 6) is 1.20. The van der Waals surface area contributed by atoms with Gasteiger partial charge in [-0.25, -0.2) is 4.39 Å². The molecule has 0 fully saturated rings. The average molecular weight is 401 g/mol. The molecule has 29 heavy (non-hydrogen) atoms. The van der Waals surface area contributed by atoms with E-state index in [4.69, 9.17) is 9.47 Å². The highest BCUT2D eigenvalue weighted by Crippen LogP contribution is 2.30. The zero-order chi connectivity index (χ0) is 20.4. The molecule has 0 amide bonds. The molecule has 0 bridgehead atoms. The lowest BCUT2D eigenvalue weighted by Gasteiger charge is -2.31. The summed E-state index contributed by atoms with van der Waals surface area (Å²) >= 11 is 0. The minimum Gasteiger partial charge on any atom is -0.487 e. The van der Waals surface area contributed by atoms with E-state index >= 15 is 0 Å². The lowest BCUT2D eigenvalue weighted by molar-refractivity contribution is 0.00896. The van der Waals surface area contributed by atoms with Gasteiger partial charge < -0.3 is 25.0 Å². The SMILES string of the molecule is Cc1ccc2c(c1)CC[C@H]([C@H](O)CNC[C@@H](O)[C@H]1CCc3cc(F)ccc3O1)O2. The van der Waals surface area contributed by atoms with Crippen LogP contribution in [-0.4, -0.2) is 47.7 Å². The molecule has 2 aromatic carbocycles. The zero-order valence-electron chi connectivity index (χ0n) is 16.6. The second-order valence-electron chi connectivity index (χ2n) is 8.05. The van der Waals surface area contributed by atoms with Crippen LogP contribution < -0.4 is 14.8 Å². The van der Waals surface area contributed by atoms with Crippen molar-refractivity contribution in [2.24, 2.45) is 0 Å². The molecule has 2 aromatic rings. The van der Waals surface area contributed by atoms with E-state index in [1.165, 1.54) is 23.3 Å². The predicted octanol–water partition coefficient (Wildman–Crippen LogP) is 2.53. The Hall–Kier alpha value is -2.15. The van der Waals surface area contributed by atoms with E-state index in [9.17, 15) is 14.6 Å². The molecule has 0 unspecified atom stereocenters. The van der Waals surface area contributed by atoms with E-state index in [0.29, 0.717) is 31.7 Å². The van der Waals surface area contributed by atoms with Gasteiger partial charge in [0.1, 0.15) is 41.7 Å². The van der Waals surface area contributed by atoms with Crippen LogP contribution in [0.3, 0.4) is 0 Å². The van der Waals surface area contributed by atoms with Gasteiger partial charge in [0.15, 0.2) is 0 Å². The summed E-state index contributed by atoms with van der Waals surface area (Å²) in [6.07, 6.45) is 0.971. The Kier molecular flexibility index (Phi) is 6.04. The van der Waals surface area contributed by atoms with E-state index in [2.05, 4.69) is 18.3 Å². The second kappa shape index (κ2) is 8.69. The maximum atomic E-state index is 13.3. The van der Waals surface area contributed by atoms with Crippen molar-refractivity contribution in [3.63, 3.8) is 0 Å². The normalized spacial score (nSPS) is 22.6. The van der Waals surface area contributed by atoms with Crippen LogP contribution >= 0.6 is 0 Å². The molecule has 6 heteroatoms. The number of hydrogen-bond donors (Lipinski definition) is 3. The van der Waals surface area contributed by atoms with E-state index in [-0.39, 0.29) is 18.0 Å². The first-order chi connectivity index (χ1) is 14.0. The molecule has 0 saturated heterocycles. The highest BCUT2D eigenvalue weighted by molar-refractivity contribution is 5.38. The van der Waals surface area contributed by atoms with Crippen molar-refractivity contribution in [2.75, 3.05) is 13.1 Å².